The third-order valence-electron chi connectivity index (χ3n) is 3.55. The molecule has 1 spiro atoms. The van der Waals surface area contributed by atoms with Gasteiger partial charge in [-0.2, -0.15) is 0 Å². The van der Waals surface area contributed by atoms with E-state index in [4.69, 9.17) is 10.5 Å². The maximum atomic E-state index is 13.0. The molecule has 1 atom stereocenters. The highest BCUT2D eigenvalue weighted by Gasteiger charge is 2.44. The first kappa shape index (κ1) is 9.16. The molecule has 1 aromatic carbocycles. The number of halogens is 1. The maximum absolute atomic E-state index is 13.0. The van der Waals surface area contributed by atoms with Crippen molar-refractivity contribution >= 4 is 0 Å². The molecule has 1 fully saturated rings. The Bertz CT molecular complexity index is 401. The molecule has 0 saturated heterocycles. The number of rotatable bonds is 0. The van der Waals surface area contributed by atoms with Gasteiger partial charge >= 0.3 is 0 Å². The van der Waals surface area contributed by atoms with Crippen molar-refractivity contribution in [3.63, 3.8) is 0 Å². The van der Waals surface area contributed by atoms with Gasteiger partial charge in [0.05, 0.1) is 0 Å². The van der Waals surface area contributed by atoms with E-state index in [1.54, 1.807) is 6.07 Å². The zero-order chi connectivity index (χ0) is 10.5. The van der Waals surface area contributed by atoms with E-state index in [0.29, 0.717) is 0 Å². The summed E-state index contributed by atoms with van der Waals surface area (Å²) in [5, 5.41) is 0. The first-order valence-corrected chi connectivity index (χ1v) is 5.43. The van der Waals surface area contributed by atoms with E-state index in [1.807, 2.05) is 0 Å². The number of benzene rings is 1. The fraction of sp³-hybridized carbons (Fsp3) is 0.500. The maximum Gasteiger partial charge on any atom is 0.125 e. The summed E-state index contributed by atoms with van der Waals surface area (Å²) in [6.45, 7) is 0. The summed E-state index contributed by atoms with van der Waals surface area (Å²) in [6.07, 6.45) is 4.20. The molecule has 1 aromatic rings. The van der Waals surface area contributed by atoms with Crippen LogP contribution >= 0.6 is 0 Å². The molecule has 3 rings (SSSR count). The summed E-state index contributed by atoms with van der Waals surface area (Å²) in [5.41, 5.74) is 6.83. The average molecular weight is 207 g/mol. The molecule has 2 nitrogen and oxygen atoms in total. The lowest BCUT2D eigenvalue weighted by molar-refractivity contribution is -0.0330. The van der Waals surface area contributed by atoms with E-state index in [2.05, 4.69) is 0 Å². The van der Waals surface area contributed by atoms with Gasteiger partial charge in [0.2, 0.25) is 0 Å². The predicted octanol–water partition coefficient (Wildman–Crippen LogP) is 2.53. The molecule has 1 heterocycles. The Labute approximate surface area is 88.2 Å². The highest BCUT2D eigenvalue weighted by molar-refractivity contribution is 5.39. The number of fused-ring (bicyclic) bond motifs is 1. The van der Waals surface area contributed by atoms with Crippen LogP contribution in [-0.2, 0) is 0 Å². The van der Waals surface area contributed by atoms with Gasteiger partial charge in [-0.1, -0.05) is 0 Å². The van der Waals surface area contributed by atoms with Crippen LogP contribution in [0.5, 0.6) is 5.75 Å². The van der Waals surface area contributed by atoms with E-state index >= 15 is 0 Å². The summed E-state index contributed by atoms with van der Waals surface area (Å²) < 4.78 is 19.0. The van der Waals surface area contributed by atoms with Crippen molar-refractivity contribution in [2.24, 2.45) is 5.73 Å². The van der Waals surface area contributed by atoms with Crippen molar-refractivity contribution < 1.29 is 9.13 Å². The van der Waals surface area contributed by atoms with Crippen LogP contribution in [0.2, 0.25) is 0 Å². The smallest absolute Gasteiger partial charge is 0.125 e. The summed E-state index contributed by atoms with van der Waals surface area (Å²) in [6, 6.07) is 4.54. The molecule has 15 heavy (non-hydrogen) atoms. The normalized spacial score (nSPS) is 26.7. The Balaban J connectivity index is 2.01. The highest BCUT2D eigenvalue weighted by atomic mass is 19.1. The Kier molecular flexibility index (Phi) is 1.80. The molecule has 2 aliphatic rings. The first-order chi connectivity index (χ1) is 7.19. The van der Waals surface area contributed by atoms with E-state index in [-0.39, 0.29) is 17.5 Å². The summed E-state index contributed by atoms with van der Waals surface area (Å²) in [4.78, 5) is 0. The van der Waals surface area contributed by atoms with Crippen LogP contribution in [0.15, 0.2) is 18.2 Å². The number of nitrogens with two attached hydrogens (primary N) is 1. The monoisotopic (exact) mass is 207 g/mol. The second-order valence-corrected chi connectivity index (χ2v) is 4.63. The van der Waals surface area contributed by atoms with E-state index < -0.39 is 0 Å². The number of hydrogen-bond donors (Lipinski definition) is 1. The Morgan fingerprint density at radius 1 is 1.40 bits per heavy atom. The van der Waals surface area contributed by atoms with Crippen molar-refractivity contribution in [3.05, 3.63) is 29.6 Å². The van der Waals surface area contributed by atoms with Gasteiger partial charge in [0, 0.05) is 18.0 Å². The van der Waals surface area contributed by atoms with Gasteiger partial charge in [0.25, 0.3) is 0 Å². The molecule has 2 N–H and O–H groups in total. The van der Waals surface area contributed by atoms with Gasteiger partial charge in [-0.3, -0.25) is 0 Å². The minimum absolute atomic E-state index is 0.0375. The zero-order valence-electron chi connectivity index (χ0n) is 8.50. The number of ether oxygens (including phenoxy) is 1. The lowest BCUT2D eigenvalue weighted by Gasteiger charge is -2.47. The minimum Gasteiger partial charge on any atom is -0.487 e. The van der Waals surface area contributed by atoms with E-state index in [1.165, 1.54) is 18.6 Å². The molecule has 80 valence electrons. The average Bonchev–Trinajstić information content (AvgIpc) is 2.16. The third-order valence-corrected chi connectivity index (χ3v) is 3.55. The minimum atomic E-state index is -0.239. The number of hydrogen-bond acceptors (Lipinski definition) is 2. The summed E-state index contributed by atoms with van der Waals surface area (Å²) in [7, 11) is 0. The van der Waals surface area contributed by atoms with Gasteiger partial charge in [-0.05, 0) is 37.5 Å². The van der Waals surface area contributed by atoms with Gasteiger partial charge in [-0.15, -0.1) is 0 Å². The second kappa shape index (κ2) is 2.95. The zero-order valence-corrected chi connectivity index (χ0v) is 8.50. The molecule has 0 bridgehead atoms. The Morgan fingerprint density at radius 3 is 2.87 bits per heavy atom. The molecule has 3 heteroatoms. The first-order valence-electron chi connectivity index (χ1n) is 5.43. The standard InChI is InChI=1S/C12H14FNO/c13-8-2-3-11-9(6-8)10(14)7-12(15-11)4-1-5-12/h2-3,6,10H,1,4-5,7,14H2/t10-/m0/s1. The molecule has 0 radical (unpaired) electrons. The molecular weight excluding hydrogens is 193 g/mol. The molecule has 0 amide bonds. The molecule has 1 saturated carbocycles. The third kappa shape index (κ3) is 1.34. The van der Waals surface area contributed by atoms with Gasteiger partial charge < -0.3 is 10.5 Å². The largest absolute Gasteiger partial charge is 0.487 e. The fourth-order valence-corrected chi connectivity index (χ4v) is 2.56. The highest BCUT2D eigenvalue weighted by Crippen LogP contribution is 2.47. The van der Waals surface area contributed by atoms with Crippen LogP contribution in [0.25, 0.3) is 0 Å². The topological polar surface area (TPSA) is 35.2 Å². The van der Waals surface area contributed by atoms with Crippen LogP contribution in [0.3, 0.4) is 0 Å². The van der Waals surface area contributed by atoms with Crippen molar-refractivity contribution in [2.75, 3.05) is 0 Å². The lowest BCUT2D eigenvalue weighted by atomic mass is 9.73. The van der Waals surface area contributed by atoms with E-state index in [9.17, 15) is 4.39 Å². The van der Waals surface area contributed by atoms with Crippen molar-refractivity contribution in [2.45, 2.75) is 37.3 Å². The van der Waals surface area contributed by atoms with Crippen LogP contribution in [0.1, 0.15) is 37.3 Å². The molecule has 1 aliphatic heterocycles. The van der Waals surface area contributed by atoms with Crippen LogP contribution in [0, 0.1) is 5.82 Å². The SMILES string of the molecule is N[C@H]1CC2(CCC2)Oc2ccc(F)cc21. The van der Waals surface area contributed by atoms with Gasteiger partial charge in [0.15, 0.2) is 0 Å². The van der Waals surface area contributed by atoms with Crippen LogP contribution in [0.4, 0.5) is 4.39 Å². The molecular formula is C12H14FNO. The quantitative estimate of drug-likeness (QED) is 0.709. The second-order valence-electron chi connectivity index (χ2n) is 4.63. The lowest BCUT2D eigenvalue weighted by Crippen LogP contribution is -2.48. The summed E-state index contributed by atoms with van der Waals surface area (Å²) in [5.74, 6) is 0.534. The predicted molar refractivity (Wildman–Crippen MR) is 55.2 cm³/mol. The van der Waals surface area contributed by atoms with Crippen molar-refractivity contribution in [3.8, 4) is 5.75 Å². The van der Waals surface area contributed by atoms with E-state index in [0.717, 1.165) is 30.6 Å². The molecule has 0 aromatic heterocycles. The molecule has 1 aliphatic carbocycles. The molecule has 0 unspecified atom stereocenters. The van der Waals surface area contributed by atoms with Crippen molar-refractivity contribution in [1.29, 1.82) is 0 Å². The fourth-order valence-electron chi connectivity index (χ4n) is 2.56. The Morgan fingerprint density at radius 2 is 2.20 bits per heavy atom. The van der Waals surface area contributed by atoms with Gasteiger partial charge in [-0.25, -0.2) is 4.39 Å². The Hall–Kier alpha value is -1.09. The van der Waals surface area contributed by atoms with Crippen molar-refractivity contribution in [1.82, 2.24) is 0 Å². The van der Waals surface area contributed by atoms with Crippen LogP contribution < -0.4 is 10.5 Å². The van der Waals surface area contributed by atoms with Gasteiger partial charge in [0.1, 0.15) is 17.2 Å². The summed E-state index contributed by atoms with van der Waals surface area (Å²) >= 11 is 0. The van der Waals surface area contributed by atoms with Crippen LogP contribution in [-0.4, -0.2) is 5.60 Å².